The zero-order valence-electron chi connectivity index (χ0n) is 14.8. The minimum Gasteiger partial charge on any atom is -0.390 e. The van der Waals surface area contributed by atoms with Crippen LogP contribution >= 0.6 is 0 Å². The number of hydrogen-bond donors (Lipinski definition) is 3. The Morgan fingerprint density at radius 3 is 2.84 bits per heavy atom. The minimum absolute atomic E-state index is 0.00754. The summed E-state index contributed by atoms with van der Waals surface area (Å²) in [5.41, 5.74) is 0.775. The molecule has 0 saturated heterocycles. The van der Waals surface area contributed by atoms with Gasteiger partial charge in [0, 0.05) is 19.9 Å². The Labute approximate surface area is 148 Å². The Morgan fingerprint density at radius 2 is 2.20 bits per heavy atom. The number of aliphatic hydroxyl groups excluding tert-OH is 2. The van der Waals surface area contributed by atoms with Gasteiger partial charge in [-0.15, -0.1) is 6.58 Å². The Hall–Kier alpha value is -1.73. The SMILES string of the molecule is C=CCO[C@H]1C[C@](OCc2cccc(C)c2)(C(=O)NC)C[C@@H](O)[C@H]1O. The maximum atomic E-state index is 12.5. The Balaban J connectivity index is 2.20. The summed E-state index contributed by atoms with van der Waals surface area (Å²) in [5, 5.41) is 23.0. The van der Waals surface area contributed by atoms with E-state index in [1.807, 2.05) is 31.2 Å². The van der Waals surface area contributed by atoms with Crippen molar-refractivity contribution < 1.29 is 24.5 Å². The molecule has 138 valence electrons. The number of amides is 1. The third-order valence-electron chi connectivity index (χ3n) is 4.51. The molecule has 6 heteroatoms. The molecule has 0 spiro atoms. The van der Waals surface area contributed by atoms with Crippen LogP contribution in [0.1, 0.15) is 24.0 Å². The highest BCUT2D eigenvalue weighted by molar-refractivity contribution is 5.85. The van der Waals surface area contributed by atoms with Crippen LogP contribution in [-0.2, 0) is 20.9 Å². The third-order valence-corrected chi connectivity index (χ3v) is 4.51. The molecule has 1 aromatic carbocycles. The topological polar surface area (TPSA) is 88.0 Å². The van der Waals surface area contributed by atoms with Crippen LogP contribution in [0.2, 0.25) is 0 Å². The van der Waals surface area contributed by atoms with E-state index in [2.05, 4.69) is 11.9 Å². The quantitative estimate of drug-likeness (QED) is 0.641. The summed E-state index contributed by atoms with van der Waals surface area (Å²) in [6.07, 6.45) is -1.17. The average molecular weight is 349 g/mol. The van der Waals surface area contributed by atoms with E-state index in [0.717, 1.165) is 11.1 Å². The minimum atomic E-state index is -1.26. The summed E-state index contributed by atoms with van der Waals surface area (Å²) in [7, 11) is 1.52. The number of benzene rings is 1. The molecule has 1 aliphatic carbocycles. The van der Waals surface area contributed by atoms with Crippen LogP contribution < -0.4 is 5.32 Å². The predicted molar refractivity (Wildman–Crippen MR) is 94.0 cm³/mol. The first kappa shape index (κ1) is 19.6. The lowest BCUT2D eigenvalue weighted by Gasteiger charge is -2.43. The lowest BCUT2D eigenvalue weighted by Crippen LogP contribution is -2.60. The monoisotopic (exact) mass is 349 g/mol. The molecule has 4 atom stereocenters. The number of ether oxygens (including phenoxy) is 2. The van der Waals surface area contributed by atoms with E-state index in [1.54, 1.807) is 6.08 Å². The fourth-order valence-corrected chi connectivity index (χ4v) is 3.20. The number of hydrogen-bond acceptors (Lipinski definition) is 5. The second-order valence-corrected chi connectivity index (χ2v) is 6.48. The van der Waals surface area contributed by atoms with E-state index in [-0.39, 0.29) is 32.0 Å². The highest BCUT2D eigenvalue weighted by Gasteiger charge is 2.51. The Kier molecular flexibility index (Phi) is 6.72. The van der Waals surface area contributed by atoms with Crippen molar-refractivity contribution in [1.82, 2.24) is 5.32 Å². The van der Waals surface area contributed by atoms with Gasteiger partial charge in [-0.25, -0.2) is 0 Å². The molecular weight excluding hydrogens is 322 g/mol. The van der Waals surface area contributed by atoms with E-state index in [1.165, 1.54) is 7.05 Å². The van der Waals surface area contributed by atoms with Crippen molar-refractivity contribution in [3.05, 3.63) is 48.0 Å². The second kappa shape index (κ2) is 8.58. The molecule has 6 nitrogen and oxygen atoms in total. The van der Waals surface area contributed by atoms with Crippen LogP contribution in [0.15, 0.2) is 36.9 Å². The summed E-state index contributed by atoms with van der Waals surface area (Å²) in [4.78, 5) is 12.5. The van der Waals surface area contributed by atoms with Gasteiger partial charge in [0.1, 0.15) is 6.10 Å². The van der Waals surface area contributed by atoms with Crippen LogP contribution in [0.4, 0.5) is 0 Å². The Bertz CT molecular complexity index is 605. The largest absolute Gasteiger partial charge is 0.390 e. The number of carbonyl (C=O) groups is 1. The number of likely N-dealkylation sites (N-methyl/N-ethyl adjacent to an activating group) is 1. The Morgan fingerprint density at radius 1 is 1.44 bits per heavy atom. The fourth-order valence-electron chi connectivity index (χ4n) is 3.20. The maximum absolute atomic E-state index is 12.5. The lowest BCUT2D eigenvalue weighted by molar-refractivity contribution is -0.196. The van der Waals surface area contributed by atoms with Gasteiger partial charge in [-0.1, -0.05) is 35.9 Å². The molecular formula is C19H27NO5. The molecule has 0 bridgehead atoms. The van der Waals surface area contributed by atoms with Crippen molar-refractivity contribution in [3.8, 4) is 0 Å². The van der Waals surface area contributed by atoms with Crippen molar-refractivity contribution in [2.45, 2.75) is 50.3 Å². The normalized spacial score (nSPS) is 29.2. The number of rotatable bonds is 7. The van der Waals surface area contributed by atoms with Crippen molar-refractivity contribution in [2.24, 2.45) is 0 Å². The zero-order chi connectivity index (χ0) is 18.4. The van der Waals surface area contributed by atoms with E-state index >= 15 is 0 Å². The molecule has 0 unspecified atom stereocenters. The molecule has 1 fully saturated rings. The predicted octanol–water partition coefficient (Wildman–Crippen LogP) is 1.08. The zero-order valence-corrected chi connectivity index (χ0v) is 14.8. The van der Waals surface area contributed by atoms with Crippen LogP contribution in [-0.4, -0.2) is 53.7 Å². The first-order valence-electron chi connectivity index (χ1n) is 8.42. The van der Waals surface area contributed by atoms with Gasteiger partial charge in [0.2, 0.25) is 0 Å². The van der Waals surface area contributed by atoms with Crippen molar-refractivity contribution in [2.75, 3.05) is 13.7 Å². The molecule has 0 aliphatic heterocycles. The van der Waals surface area contributed by atoms with Crippen LogP contribution in [0.25, 0.3) is 0 Å². The maximum Gasteiger partial charge on any atom is 0.252 e. The number of aryl methyl sites for hydroxylation is 1. The summed E-state index contributed by atoms with van der Waals surface area (Å²) in [6, 6.07) is 7.82. The van der Waals surface area contributed by atoms with Crippen molar-refractivity contribution in [3.63, 3.8) is 0 Å². The number of aliphatic hydroxyl groups is 2. The first-order chi connectivity index (χ1) is 11.9. The highest BCUT2D eigenvalue weighted by atomic mass is 16.5. The standard InChI is InChI=1S/C19H27NO5/c1-4-8-24-16-11-19(18(23)20-3,10-15(21)17(16)22)25-12-14-7-5-6-13(2)9-14/h4-7,9,15-17,21-22H,1,8,10-12H2,2-3H3,(H,20,23)/t15-,16+,17-,19+/m1/s1. The highest BCUT2D eigenvalue weighted by Crippen LogP contribution is 2.35. The van der Waals surface area contributed by atoms with Gasteiger partial charge in [0.15, 0.2) is 5.60 Å². The van der Waals surface area contributed by atoms with Gasteiger partial charge < -0.3 is 25.0 Å². The molecule has 1 amide bonds. The summed E-state index contributed by atoms with van der Waals surface area (Å²) >= 11 is 0. The van der Waals surface area contributed by atoms with Gasteiger partial charge >= 0.3 is 0 Å². The molecule has 1 aliphatic rings. The van der Waals surface area contributed by atoms with Gasteiger partial charge in [-0.05, 0) is 12.5 Å². The van der Waals surface area contributed by atoms with E-state index in [4.69, 9.17) is 9.47 Å². The van der Waals surface area contributed by atoms with Gasteiger partial charge in [-0.3, -0.25) is 4.79 Å². The molecule has 25 heavy (non-hydrogen) atoms. The number of nitrogens with one attached hydrogen (secondary N) is 1. The molecule has 2 rings (SSSR count). The molecule has 0 radical (unpaired) electrons. The third kappa shape index (κ3) is 4.67. The molecule has 0 aromatic heterocycles. The van der Waals surface area contributed by atoms with Crippen LogP contribution in [0, 0.1) is 6.92 Å². The van der Waals surface area contributed by atoms with E-state index in [9.17, 15) is 15.0 Å². The van der Waals surface area contributed by atoms with Gasteiger partial charge in [0.05, 0.1) is 25.4 Å². The number of carbonyl (C=O) groups excluding carboxylic acids is 1. The van der Waals surface area contributed by atoms with E-state index in [0.29, 0.717) is 0 Å². The molecule has 3 N–H and O–H groups in total. The second-order valence-electron chi connectivity index (χ2n) is 6.48. The van der Waals surface area contributed by atoms with Crippen LogP contribution in [0.3, 0.4) is 0 Å². The molecule has 1 saturated carbocycles. The van der Waals surface area contributed by atoms with Crippen molar-refractivity contribution >= 4 is 5.91 Å². The summed E-state index contributed by atoms with van der Waals surface area (Å²) < 4.78 is 11.6. The molecule has 0 heterocycles. The summed E-state index contributed by atoms with van der Waals surface area (Å²) in [6.45, 7) is 6.01. The fraction of sp³-hybridized carbons (Fsp3) is 0.526. The van der Waals surface area contributed by atoms with Gasteiger partial charge in [-0.2, -0.15) is 0 Å². The van der Waals surface area contributed by atoms with E-state index < -0.39 is 23.9 Å². The smallest absolute Gasteiger partial charge is 0.252 e. The first-order valence-corrected chi connectivity index (χ1v) is 8.42. The van der Waals surface area contributed by atoms with Crippen molar-refractivity contribution in [1.29, 1.82) is 0 Å². The lowest BCUT2D eigenvalue weighted by atomic mass is 9.78. The summed E-state index contributed by atoms with van der Waals surface area (Å²) in [5.74, 6) is -0.335. The average Bonchev–Trinajstić information content (AvgIpc) is 2.61. The molecule has 1 aromatic rings. The van der Waals surface area contributed by atoms with Gasteiger partial charge in [0.25, 0.3) is 5.91 Å². The van der Waals surface area contributed by atoms with Crippen LogP contribution in [0.5, 0.6) is 0 Å².